The van der Waals surface area contributed by atoms with Crippen LogP contribution in [0.3, 0.4) is 0 Å². The Hall–Kier alpha value is -2.22. The van der Waals surface area contributed by atoms with E-state index in [-0.39, 0.29) is 11.8 Å². The molecule has 130 valence electrons. The lowest BCUT2D eigenvalue weighted by Crippen LogP contribution is -2.25. The second-order valence-corrected chi connectivity index (χ2v) is 6.05. The predicted molar refractivity (Wildman–Crippen MR) is 92.9 cm³/mol. The number of benzene rings is 1. The zero-order valence-electron chi connectivity index (χ0n) is 14.2. The zero-order chi connectivity index (χ0) is 17.7. The van der Waals surface area contributed by atoms with Crippen molar-refractivity contribution in [3.8, 4) is 11.5 Å². The Morgan fingerprint density at radius 1 is 1.25 bits per heavy atom. The van der Waals surface area contributed by atoms with Crippen LogP contribution in [0, 0.1) is 0 Å². The summed E-state index contributed by atoms with van der Waals surface area (Å²) in [5.74, 6) is 0.878. The Morgan fingerprint density at radius 2 is 1.96 bits per heavy atom. The Bertz CT molecular complexity index is 663. The number of amidine groups is 1. The quantitative estimate of drug-likeness (QED) is 0.881. The summed E-state index contributed by atoms with van der Waals surface area (Å²) in [6, 6.07) is 5.49. The lowest BCUT2D eigenvalue weighted by atomic mass is 10.1. The molecule has 8 heteroatoms. The smallest absolute Gasteiger partial charge is 0.241 e. The van der Waals surface area contributed by atoms with Gasteiger partial charge in [0.25, 0.3) is 0 Å². The van der Waals surface area contributed by atoms with Gasteiger partial charge in [-0.25, -0.2) is 5.01 Å². The van der Waals surface area contributed by atoms with Crippen LogP contribution in [0.15, 0.2) is 23.3 Å². The summed E-state index contributed by atoms with van der Waals surface area (Å²) in [7, 11) is 0. The van der Waals surface area contributed by atoms with Crippen molar-refractivity contribution < 1.29 is 19.1 Å². The molecule has 24 heavy (non-hydrogen) atoms. The second-order valence-electron chi connectivity index (χ2n) is 4.99. The van der Waals surface area contributed by atoms with E-state index in [1.165, 1.54) is 30.6 Å². The van der Waals surface area contributed by atoms with Crippen molar-refractivity contribution in [1.29, 1.82) is 0 Å². The van der Waals surface area contributed by atoms with Crippen LogP contribution in [0.1, 0.15) is 38.6 Å². The van der Waals surface area contributed by atoms with Gasteiger partial charge in [0.05, 0.1) is 13.2 Å². The van der Waals surface area contributed by atoms with Gasteiger partial charge in [-0.1, -0.05) is 11.8 Å². The fraction of sp³-hybridized carbons (Fsp3) is 0.438. The first-order chi connectivity index (χ1) is 11.5. The number of carbonyl (C=O) groups excluding carboxylic acids is 2. The van der Waals surface area contributed by atoms with Gasteiger partial charge < -0.3 is 14.8 Å². The fourth-order valence-electron chi connectivity index (χ4n) is 2.22. The number of hydrogen-bond acceptors (Lipinski definition) is 6. The number of ether oxygens (including phenoxy) is 2. The molecular weight excluding hydrogens is 330 g/mol. The second kappa shape index (κ2) is 8.05. The largest absolute Gasteiger partial charge is 0.494 e. The highest BCUT2D eigenvalue weighted by atomic mass is 32.2. The van der Waals surface area contributed by atoms with Crippen molar-refractivity contribution in [3.05, 3.63) is 23.8 Å². The first-order valence-corrected chi connectivity index (χ1v) is 8.56. The molecule has 1 aliphatic rings. The molecule has 1 aromatic carbocycles. The maximum atomic E-state index is 11.9. The summed E-state index contributed by atoms with van der Waals surface area (Å²) < 4.78 is 11.2. The van der Waals surface area contributed by atoms with Crippen molar-refractivity contribution >= 4 is 28.7 Å². The number of hydrazone groups is 1. The number of hydrogen-bond donors (Lipinski definition) is 1. The van der Waals surface area contributed by atoms with Crippen LogP contribution >= 0.6 is 11.8 Å². The van der Waals surface area contributed by atoms with Gasteiger partial charge in [0, 0.05) is 25.5 Å². The molecule has 7 nitrogen and oxygen atoms in total. The van der Waals surface area contributed by atoms with Gasteiger partial charge in [-0.2, -0.15) is 0 Å². The lowest BCUT2D eigenvalue weighted by molar-refractivity contribution is -0.129. The molecule has 2 rings (SSSR count). The van der Waals surface area contributed by atoms with E-state index >= 15 is 0 Å². The zero-order valence-corrected chi connectivity index (χ0v) is 15.0. The van der Waals surface area contributed by atoms with Crippen LogP contribution < -0.4 is 14.8 Å². The topological polar surface area (TPSA) is 80.2 Å². The maximum absolute atomic E-state index is 11.9. The average Bonchev–Trinajstić information content (AvgIpc) is 2.91. The molecule has 1 heterocycles. The number of amides is 2. The van der Waals surface area contributed by atoms with Gasteiger partial charge in [-0.15, -0.1) is 5.10 Å². The summed E-state index contributed by atoms with van der Waals surface area (Å²) in [6.07, 6.45) is 0. The van der Waals surface area contributed by atoms with Gasteiger partial charge in [0.2, 0.25) is 11.8 Å². The summed E-state index contributed by atoms with van der Waals surface area (Å²) in [5, 5.41) is 8.14. The first kappa shape index (κ1) is 18.1. The van der Waals surface area contributed by atoms with Crippen molar-refractivity contribution in [2.24, 2.45) is 5.10 Å². The van der Waals surface area contributed by atoms with Gasteiger partial charge in [0.1, 0.15) is 16.9 Å². The highest BCUT2D eigenvalue weighted by molar-refractivity contribution is 8.14. The van der Waals surface area contributed by atoms with Gasteiger partial charge >= 0.3 is 0 Å². The van der Waals surface area contributed by atoms with Crippen LogP contribution in [-0.2, 0) is 9.59 Å². The van der Waals surface area contributed by atoms with Crippen molar-refractivity contribution in [3.63, 3.8) is 0 Å². The molecule has 0 unspecified atom stereocenters. The molecule has 0 saturated carbocycles. The Morgan fingerprint density at radius 3 is 2.54 bits per heavy atom. The predicted octanol–water partition coefficient (Wildman–Crippen LogP) is 2.49. The number of rotatable bonds is 5. The third kappa shape index (κ3) is 4.19. The minimum absolute atomic E-state index is 0.218. The Balaban J connectivity index is 2.35. The van der Waals surface area contributed by atoms with E-state index in [1.807, 2.05) is 26.0 Å². The van der Waals surface area contributed by atoms with E-state index in [9.17, 15) is 9.59 Å². The van der Waals surface area contributed by atoms with E-state index in [4.69, 9.17) is 9.47 Å². The lowest BCUT2D eigenvalue weighted by Gasteiger charge is -2.22. The van der Waals surface area contributed by atoms with Crippen LogP contribution in [0.25, 0.3) is 0 Å². The normalized spacial score (nSPS) is 16.6. The molecule has 0 bridgehead atoms. The standard InChI is InChI=1S/C16H21N3O4S/c1-5-22-12-7-8-13(14(9-12)23-6-2)15-19(11(4)21)18-16(24-15)17-10(3)20/h7-9,15H,5-6H2,1-4H3,(H,17,18,20)/t15-/m0/s1. The monoisotopic (exact) mass is 351 g/mol. The highest BCUT2D eigenvalue weighted by Gasteiger charge is 2.34. The summed E-state index contributed by atoms with van der Waals surface area (Å²) in [4.78, 5) is 23.2. The number of carbonyl (C=O) groups is 2. The molecule has 0 spiro atoms. The van der Waals surface area contributed by atoms with Gasteiger partial charge in [-0.05, 0) is 26.0 Å². The average molecular weight is 351 g/mol. The number of nitrogens with zero attached hydrogens (tertiary/aromatic N) is 2. The van der Waals surface area contributed by atoms with E-state index in [0.29, 0.717) is 29.9 Å². The molecule has 1 aliphatic heterocycles. The Labute approximate surface area is 145 Å². The Kier molecular flexibility index (Phi) is 6.08. The third-order valence-corrected chi connectivity index (χ3v) is 4.20. The van der Waals surface area contributed by atoms with Crippen LogP contribution in [0.5, 0.6) is 11.5 Å². The molecule has 1 aromatic rings. The molecule has 2 amide bonds. The summed E-state index contributed by atoms with van der Waals surface area (Å²) in [6.45, 7) is 7.67. The molecule has 0 aromatic heterocycles. The van der Waals surface area contributed by atoms with Crippen LogP contribution in [0.4, 0.5) is 0 Å². The molecule has 0 aliphatic carbocycles. The highest BCUT2D eigenvalue weighted by Crippen LogP contribution is 2.43. The van der Waals surface area contributed by atoms with E-state index < -0.39 is 5.37 Å². The maximum Gasteiger partial charge on any atom is 0.241 e. The molecule has 0 radical (unpaired) electrons. The summed E-state index contributed by atoms with van der Waals surface area (Å²) in [5.41, 5.74) is 0.796. The van der Waals surface area contributed by atoms with Crippen LogP contribution in [0.2, 0.25) is 0 Å². The fourth-order valence-corrected chi connectivity index (χ4v) is 3.39. The van der Waals surface area contributed by atoms with Crippen molar-refractivity contribution in [2.75, 3.05) is 13.2 Å². The minimum Gasteiger partial charge on any atom is -0.494 e. The first-order valence-electron chi connectivity index (χ1n) is 7.68. The van der Waals surface area contributed by atoms with Gasteiger partial charge in [-0.3, -0.25) is 9.59 Å². The molecular formula is C16H21N3O4S. The van der Waals surface area contributed by atoms with Gasteiger partial charge in [0.15, 0.2) is 5.17 Å². The summed E-state index contributed by atoms with van der Waals surface area (Å²) >= 11 is 1.29. The van der Waals surface area contributed by atoms with Crippen molar-refractivity contribution in [1.82, 2.24) is 10.3 Å². The van der Waals surface area contributed by atoms with Crippen molar-refractivity contribution in [2.45, 2.75) is 33.1 Å². The van der Waals surface area contributed by atoms with E-state index in [1.54, 1.807) is 6.07 Å². The van der Waals surface area contributed by atoms with E-state index in [2.05, 4.69) is 10.4 Å². The number of nitrogens with one attached hydrogen (secondary N) is 1. The van der Waals surface area contributed by atoms with E-state index in [0.717, 1.165) is 5.56 Å². The number of thioether (sulfide) groups is 1. The minimum atomic E-state index is -0.401. The molecule has 0 fully saturated rings. The SMILES string of the molecule is CCOc1ccc([C@@H]2SC(NC(C)=O)=NN2C(C)=O)c(OCC)c1. The molecule has 1 atom stereocenters. The molecule has 0 saturated heterocycles. The third-order valence-electron chi connectivity index (χ3n) is 3.11. The molecule has 1 N–H and O–H groups in total. The van der Waals surface area contributed by atoms with Crippen LogP contribution in [-0.4, -0.2) is 35.2 Å².